The molecule has 4 N–H and O–H groups in total. The lowest BCUT2D eigenvalue weighted by molar-refractivity contribution is -0.117. The third-order valence-electron chi connectivity index (χ3n) is 4.94. The van der Waals surface area contributed by atoms with Crippen molar-refractivity contribution in [2.24, 2.45) is 11.5 Å². The highest BCUT2D eigenvalue weighted by Crippen LogP contribution is 2.41. The van der Waals surface area contributed by atoms with E-state index in [1.165, 1.54) is 16.7 Å². The van der Waals surface area contributed by atoms with Crippen LogP contribution in [0.3, 0.4) is 0 Å². The fourth-order valence-corrected chi connectivity index (χ4v) is 3.69. The first-order valence-corrected chi connectivity index (χ1v) is 8.76. The summed E-state index contributed by atoms with van der Waals surface area (Å²) in [4.78, 5) is 11.1. The molecule has 0 spiro atoms. The Bertz CT molecular complexity index is 772. The molecule has 2 atom stereocenters. The average Bonchev–Trinajstić information content (AvgIpc) is 2.56. The van der Waals surface area contributed by atoms with Gasteiger partial charge in [-0.3, -0.25) is 4.79 Å². The van der Waals surface area contributed by atoms with Crippen molar-refractivity contribution in [2.45, 2.75) is 44.6 Å². The van der Waals surface area contributed by atoms with Crippen LogP contribution >= 0.6 is 11.6 Å². The quantitative estimate of drug-likeness (QED) is 0.881. The van der Waals surface area contributed by atoms with E-state index in [-0.39, 0.29) is 11.9 Å². The molecule has 1 amide bonds. The second-order valence-electron chi connectivity index (χ2n) is 6.67. The Morgan fingerprint density at radius 2 is 1.96 bits per heavy atom. The van der Waals surface area contributed by atoms with Crippen LogP contribution in [0.4, 0.5) is 0 Å². The Morgan fingerprint density at radius 3 is 2.67 bits per heavy atom. The largest absolute Gasteiger partial charge is 0.370 e. The van der Waals surface area contributed by atoms with Crippen molar-refractivity contribution >= 4 is 17.5 Å². The number of rotatable bonds is 4. The monoisotopic (exact) mass is 342 g/mol. The number of halogens is 1. The van der Waals surface area contributed by atoms with Gasteiger partial charge in [-0.15, -0.1) is 0 Å². The van der Waals surface area contributed by atoms with E-state index in [1.807, 2.05) is 13.0 Å². The summed E-state index contributed by atoms with van der Waals surface area (Å²) < 4.78 is 0. The number of fused-ring (bicyclic) bond motifs is 1. The van der Waals surface area contributed by atoms with Crippen molar-refractivity contribution in [3.63, 3.8) is 0 Å². The molecule has 2 aromatic rings. The Kier molecular flexibility index (Phi) is 4.93. The number of hydrogen-bond donors (Lipinski definition) is 2. The number of nitrogens with two attached hydrogens (primary N) is 2. The van der Waals surface area contributed by atoms with E-state index < -0.39 is 0 Å². The first-order valence-electron chi connectivity index (χ1n) is 8.38. The fraction of sp³-hybridized carbons (Fsp3) is 0.350. The molecule has 126 valence electrons. The van der Waals surface area contributed by atoms with E-state index in [2.05, 4.69) is 30.3 Å². The number of carbonyl (C=O) groups is 1. The smallest absolute Gasteiger partial charge is 0.217 e. The van der Waals surface area contributed by atoms with Crippen LogP contribution in [0.1, 0.15) is 59.0 Å². The molecule has 0 bridgehead atoms. The van der Waals surface area contributed by atoms with Gasteiger partial charge in [0.25, 0.3) is 0 Å². The molecule has 1 aliphatic carbocycles. The molecular formula is C20H23ClN2O. The Balaban J connectivity index is 1.99. The van der Waals surface area contributed by atoms with Crippen LogP contribution in [0, 0.1) is 6.92 Å². The molecule has 2 aromatic carbocycles. The molecular weight excluding hydrogens is 320 g/mol. The van der Waals surface area contributed by atoms with Gasteiger partial charge in [-0.2, -0.15) is 0 Å². The van der Waals surface area contributed by atoms with Crippen LogP contribution < -0.4 is 11.5 Å². The number of primary amides is 1. The molecule has 0 aromatic heterocycles. The standard InChI is InChI=1S/C20H23ClN2O/c1-12-10-14(4-7-18(12)21)15-6-8-19(22)16-5-2-13(11-17(15)16)3-9-20(23)24/h2,4-5,7,10-11,15,19H,3,6,8-9,22H2,1H3,(H2,23,24). The molecule has 4 heteroatoms. The fourth-order valence-electron chi connectivity index (χ4n) is 3.57. The van der Waals surface area contributed by atoms with Gasteiger partial charge in [0.2, 0.25) is 5.91 Å². The Hall–Kier alpha value is -1.84. The van der Waals surface area contributed by atoms with E-state index in [0.717, 1.165) is 29.0 Å². The minimum atomic E-state index is -0.269. The molecule has 2 unspecified atom stereocenters. The second kappa shape index (κ2) is 6.96. The molecule has 0 radical (unpaired) electrons. The molecule has 3 nitrogen and oxygen atoms in total. The van der Waals surface area contributed by atoms with E-state index in [9.17, 15) is 4.79 Å². The molecule has 0 saturated carbocycles. The predicted molar refractivity (Wildman–Crippen MR) is 98.2 cm³/mol. The van der Waals surface area contributed by atoms with Crippen LogP contribution in [-0.2, 0) is 11.2 Å². The summed E-state index contributed by atoms with van der Waals surface area (Å²) in [6, 6.07) is 12.7. The summed E-state index contributed by atoms with van der Waals surface area (Å²) in [7, 11) is 0. The van der Waals surface area contributed by atoms with E-state index >= 15 is 0 Å². The lowest BCUT2D eigenvalue weighted by Crippen LogP contribution is -2.21. The third kappa shape index (κ3) is 3.47. The number of carbonyl (C=O) groups excluding carboxylic acids is 1. The average molecular weight is 343 g/mol. The zero-order valence-corrected chi connectivity index (χ0v) is 14.6. The van der Waals surface area contributed by atoms with Crippen LogP contribution in [0.25, 0.3) is 0 Å². The van der Waals surface area contributed by atoms with Gasteiger partial charge < -0.3 is 11.5 Å². The topological polar surface area (TPSA) is 69.1 Å². The van der Waals surface area contributed by atoms with Crippen LogP contribution in [0.5, 0.6) is 0 Å². The number of amides is 1. The normalized spacial score (nSPS) is 19.8. The Labute approximate surface area is 148 Å². The van der Waals surface area contributed by atoms with Gasteiger partial charge in [-0.1, -0.05) is 41.9 Å². The van der Waals surface area contributed by atoms with Gasteiger partial charge in [0.15, 0.2) is 0 Å². The summed E-state index contributed by atoms with van der Waals surface area (Å²) in [5, 5.41) is 0.793. The number of benzene rings is 2. The maximum absolute atomic E-state index is 11.1. The van der Waals surface area contributed by atoms with Crippen molar-refractivity contribution in [3.8, 4) is 0 Å². The van der Waals surface area contributed by atoms with Crippen molar-refractivity contribution in [1.29, 1.82) is 0 Å². The molecule has 0 saturated heterocycles. The number of hydrogen-bond acceptors (Lipinski definition) is 2. The first-order chi connectivity index (χ1) is 11.5. The second-order valence-corrected chi connectivity index (χ2v) is 7.08. The van der Waals surface area contributed by atoms with Gasteiger partial charge in [0.1, 0.15) is 0 Å². The maximum Gasteiger partial charge on any atom is 0.217 e. The van der Waals surface area contributed by atoms with Crippen molar-refractivity contribution < 1.29 is 4.79 Å². The lowest BCUT2D eigenvalue weighted by Gasteiger charge is -2.31. The van der Waals surface area contributed by atoms with Gasteiger partial charge in [-0.25, -0.2) is 0 Å². The third-order valence-corrected chi connectivity index (χ3v) is 5.36. The van der Waals surface area contributed by atoms with Gasteiger partial charge in [0.05, 0.1) is 0 Å². The van der Waals surface area contributed by atoms with Crippen LogP contribution in [0.2, 0.25) is 5.02 Å². The van der Waals surface area contributed by atoms with Crippen molar-refractivity contribution in [1.82, 2.24) is 0 Å². The minimum Gasteiger partial charge on any atom is -0.370 e. The van der Waals surface area contributed by atoms with Crippen LogP contribution in [-0.4, -0.2) is 5.91 Å². The minimum absolute atomic E-state index is 0.0786. The predicted octanol–water partition coefficient (Wildman–Crippen LogP) is 3.99. The highest BCUT2D eigenvalue weighted by molar-refractivity contribution is 6.31. The van der Waals surface area contributed by atoms with E-state index in [1.54, 1.807) is 0 Å². The van der Waals surface area contributed by atoms with Gasteiger partial charge in [0, 0.05) is 23.4 Å². The summed E-state index contributed by atoms with van der Waals surface area (Å²) >= 11 is 6.18. The van der Waals surface area contributed by atoms with Crippen molar-refractivity contribution in [3.05, 3.63) is 69.2 Å². The Morgan fingerprint density at radius 1 is 1.17 bits per heavy atom. The molecule has 1 aliphatic rings. The van der Waals surface area contributed by atoms with Crippen LogP contribution in [0.15, 0.2) is 36.4 Å². The summed E-state index contributed by atoms with van der Waals surface area (Å²) in [6.07, 6.45) is 3.04. The molecule has 0 heterocycles. The zero-order valence-electron chi connectivity index (χ0n) is 13.9. The maximum atomic E-state index is 11.1. The van der Waals surface area contributed by atoms with Gasteiger partial charge >= 0.3 is 0 Å². The first kappa shape index (κ1) is 17.0. The van der Waals surface area contributed by atoms with Crippen molar-refractivity contribution in [2.75, 3.05) is 0 Å². The van der Waals surface area contributed by atoms with E-state index in [4.69, 9.17) is 23.1 Å². The lowest BCUT2D eigenvalue weighted by atomic mass is 9.76. The molecule has 3 rings (SSSR count). The summed E-state index contributed by atoms with van der Waals surface area (Å²) in [6.45, 7) is 2.03. The highest BCUT2D eigenvalue weighted by Gasteiger charge is 2.26. The number of aryl methyl sites for hydroxylation is 2. The van der Waals surface area contributed by atoms with E-state index in [0.29, 0.717) is 18.8 Å². The summed E-state index contributed by atoms with van der Waals surface area (Å²) in [5.41, 5.74) is 17.6. The molecule has 0 aliphatic heterocycles. The highest BCUT2D eigenvalue weighted by atomic mass is 35.5. The SMILES string of the molecule is Cc1cc(C2CCC(N)c3ccc(CCC(N)=O)cc32)ccc1Cl. The zero-order chi connectivity index (χ0) is 17.3. The van der Waals surface area contributed by atoms with Gasteiger partial charge in [-0.05, 0) is 60.1 Å². The molecule has 0 fully saturated rings. The summed E-state index contributed by atoms with van der Waals surface area (Å²) in [5.74, 6) is 0.0543. The molecule has 24 heavy (non-hydrogen) atoms.